The SMILES string of the molecule is CC(=O)CCn1cnc(C#N)n1. The van der Waals surface area contributed by atoms with Gasteiger partial charge in [-0.15, -0.1) is 5.10 Å². The van der Waals surface area contributed by atoms with Crippen LogP contribution in [0.4, 0.5) is 0 Å². The largest absolute Gasteiger partial charge is 0.300 e. The van der Waals surface area contributed by atoms with Crippen LogP contribution in [0.3, 0.4) is 0 Å². The minimum absolute atomic E-state index is 0.101. The van der Waals surface area contributed by atoms with E-state index in [1.807, 2.05) is 6.07 Å². The third-order valence-corrected chi connectivity index (χ3v) is 1.33. The number of rotatable bonds is 3. The molecule has 5 nitrogen and oxygen atoms in total. The summed E-state index contributed by atoms with van der Waals surface area (Å²) >= 11 is 0. The molecule has 0 aliphatic heterocycles. The van der Waals surface area contributed by atoms with Gasteiger partial charge in [0, 0.05) is 13.0 Å². The Balaban J connectivity index is 2.54. The number of aryl methyl sites for hydroxylation is 1. The van der Waals surface area contributed by atoms with E-state index in [1.54, 1.807) is 0 Å². The minimum atomic E-state index is 0.101. The average Bonchev–Trinajstić information content (AvgIpc) is 2.48. The van der Waals surface area contributed by atoms with Crippen molar-refractivity contribution in [1.29, 1.82) is 5.26 Å². The summed E-state index contributed by atoms with van der Waals surface area (Å²) < 4.78 is 1.49. The van der Waals surface area contributed by atoms with Crippen LogP contribution in [0, 0.1) is 11.3 Å². The van der Waals surface area contributed by atoms with Gasteiger partial charge in [0.2, 0.25) is 0 Å². The summed E-state index contributed by atoms with van der Waals surface area (Å²) in [6.45, 7) is 2.01. The van der Waals surface area contributed by atoms with Crippen LogP contribution in [-0.2, 0) is 11.3 Å². The molecule has 0 fully saturated rings. The molecular weight excluding hydrogens is 156 g/mol. The van der Waals surface area contributed by atoms with Crippen molar-refractivity contribution in [2.45, 2.75) is 19.9 Å². The maximum absolute atomic E-state index is 10.6. The highest BCUT2D eigenvalue weighted by atomic mass is 16.1. The van der Waals surface area contributed by atoms with Crippen LogP contribution < -0.4 is 0 Å². The normalized spacial score (nSPS) is 9.33. The first kappa shape index (κ1) is 8.40. The molecule has 0 aliphatic rings. The van der Waals surface area contributed by atoms with Gasteiger partial charge in [0.15, 0.2) is 0 Å². The van der Waals surface area contributed by atoms with E-state index < -0.39 is 0 Å². The number of ketones is 1. The number of hydrogen-bond donors (Lipinski definition) is 0. The van der Waals surface area contributed by atoms with E-state index in [4.69, 9.17) is 5.26 Å². The Labute approximate surface area is 69.6 Å². The van der Waals surface area contributed by atoms with Gasteiger partial charge in [-0.2, -0.15) is 5.26 Å². The molecule has 12 heavy (non-hydrogen) atoms. The molecule has 1 rings (SSSR count). The number of hydrogen-bond acceptors (Lipinski definition) is 4. The molecule has 0 atom stereocenters. The fourth-order valence-corrected chi connectivity index (χ4v) is 0.726. The zero-order valence-corrected chi connectivity index (χ0v) is 6.69. The van der Waals surface area contributed by atoms with Crippen LogP contribution in [0.2, 0.25) is 0 Å². The molecule has 1 aromatic heterocycles. The first-order chi connectivity index (χ1) is 5.72. The first-order valence-electron chi connectivity index (χ1n) is 3.51. The fourth-order valence-electron chi connectivity index (χ4n) is 0.726. The lowest BCUT2D eigenvalue weighted by Crippen LogP contribution is -2.03. The molecule has 0 bridgehead atoms. The van der Waals surface area contributed by atoms with Gasteiger partial charge in [-0.25, -0.2) is 4.98 Å². The number of nitriles is 1. The lowest BCUT2D eigenvalue weighted by Gasteiger charge is -1.94. The maximum Gasteiger partial charge on any atom is 0.252 e. The van der Waals surface area contributed by atoms with E-state index in [1.165, 1.54) is 17.9 Å². The van der Waals surface area contributed by atoms with Crippen LogP contribution in [-0.4, -0.2) is 20.5 Å². The summed E-state index contributed by atoms with van der Waals surface area (Å²) in [5, 5.41) is 12.2. The molecule has 0 spiro atoms. The van der Waals surface area contributed by atoms with Crippen molar-refractivity contribution in [1.82, 2.24) is 14.8 Å². The first-order valence-corrected chi connectivity index (χ1v) is 3.51. The third-order valence-electron chi connectivity index (χ3n) is 1.33. The van der Waals surface area contributed by atoms with Gasteiger partial charge < -0.3 is 0 Å². The molecule has 0 amide bonds. The smallest absolute Gasteiger partial charge is 0.252 e. The predicted molar refractivity (Wildman–Crippen MR) is 40.0 cm³/mol. The standard InChI is InChI=1S/C7H8N4O/c1-6(12)2-3-11-5-9-7(4-8)10-11/h5H,2-3H2,1H3. The second-order valence-electron chi connectivity index (χ2n) is 2.40. The minimum Gasteiger partial charge on any atom is -0.300 e. The molecule has 0 N–H and O–H groups in total. The maximum atomic E-state index is 10.6. The Bertz CT molecular complexity index is 322. The van der Waals surface area contributed by atoms with Gasteiger partial charge >= 0.3 is 0 Å². The number of Topliss-reactive ketones (excluding diaryl/α,β-unsaturated/α-hetero) is 1. The summed E-state index contributed by atoms with van der Waals surface area (Å²) in [6, 6.07) is 1.81. The van der Waals surface area contributed by atoms with Gasteiger partial charge in [0.25, 0.3) is 5.82 Å². The summed E-state index contributed by atoms with van der Waals surface area (Å²) in [7, 11) is 0. The van der Waals surface area contributed by atoms with Crippen molar-refractivity contribution in [2.24, 2.45) is 0 Å². The topological polar surface area (TPSA) is 71.6 Å². The second kappa shape index (κ2) is 3.62. The molecule has 0 aromatic carbocycles. The third kappa shape index (κ3) is 2.16. The molecular formula is C7H8N4O. The van der Waals surface area contributed by atoms with Crippen LogP contribution >= 0.6 is 0 Å². The monoisotopic (exact) mass is 164 g/mol. The lowest BCUT2D eigenvalue weighted by molar-refractivity contribution is -0.117. The van der Waals surface area contributed by atoms with Gasteiger partial charge in [0.05, 0.1) is 0 Å². The van der Waals surface area contributed by atoms with Crippen molar-refractivity contribution in [3.63, 3.8) is 0 Å². The van der Waals surface area contributed by atoms with E-state index in [2.05, 4.69) is 10.1 Å². The summed E-state index contributed by atoms with van der Waals surface area (Å²) in [6.07, 6.45) is 1.87. The van der Waals surface area contributed by atoms with Crippen LogP contribution in [0.25, 0.3) is 0 Å². The summed E-state index contributed by atoms with van der Waals surface area (Å²) in [4.78, 5) is 14.3. The van der Waals surface area contributed by atoms with E-state index in [9.17, 15) is 4.79 Å². The molecule has 0 saturated carbocycles. The van der Waals surface area contributed by atoms with E-state index in [-0.39, 0.29) is 11.6 Å². The Morgan fingerprint density at radius 3 is 3.08 bits per heavy atom. The molecule has 1 aromatic rings. The molecule has 0 aliphatic carbocycles. The number of aromatic nitrogens is 3. The molecule has 5 heteroatoms. The fraction of sp³-hybridized carbons (Fsp3) is 0.429. The quantitative estimate of drug-likeness (QED) is 0.636. The van der Waals surface area contributed by atoms with Crippen LogP contribution in [0.15, 0.2) is 6.33 Å². The van der Waals surface area contributed by atoms with Crippen molar-refractivity contribution >= 4 is 5.78 Å². The number of nitrogens with zero attached hydrogens (tertiary/aromatic N) is 4. The van der Waals surface area contributed by atoms with Crippen molar-refractivity contribution in [2.75, 3.05) is 0 Å². The Morgan fingerprint density at radius 2 is 2.58 bits per heavy atom. The lowest BCUT2D eigenvalue weighted by atomic mass is 10.3. The van der Waals surface area contributed by atoms with Gasteiger partial charge in [-0.3, -0.25) is 9.48 Å². The highest BCUT2D eigenvalue weighted by Crippen LogP contribution is 1.91. The van der Waals surface area contributed by atoms with Gasteiger partial charge in [0.1, 0.15) is 18.2 Å². The Kier molecular flexibility index (Phi) is 2.53. The van der Waals surface area contributed by atoms with Crippen molar-refractivity contribution < 1.29 is 4.79 Å². The number of carbonyl (C=O) groups is 1. The molecule has 1 heterocycles. The van der Waals surface area contributed by atoms with E-state index in [0.717, 1.165) is 0 Å². The zero-order chi connectivity index (χ0) is 8.97. The van der Waals surface area contributed by atoms with E-state index in [0.29, 0.717) is 13.0 Å². The molecule has 0 unspecified atom stereocenters. The van der Waals surface area contributed by atoms with E-state index >= 15 is 0 Å². The predicted octanol–water partition coefficient (Wildman–Crippen LogP) is 0.129. The van der Waals surface area contributed by atoms with Crippen molar-refractivity contribution in [3.8, 4) is 6.07 Å². The molecule has 0 saturated heterocycles. The van der Waals surface area contributed by atoms with Crippen LogP contribution in [0.1, 0.15) is 19.2 Å². The van der Waals surface area contributed by atoms with Crippen LogP contribution in [0.5, 0.6) is 0 Å². The zero-order valence-electron chi connectivity index (χ0n) is 6.69. The summed E-state index contributed by atoms with van der Waals surface area (Å²) in [5.41, 5.74) is 0. The summed E-state index contributed by atoms with van der Waals surface area (Å²) in [5.74, 6) is 0.238. The highest BCUT2D eigenvalue weighted by Gasteiger charge is 1.99. The van der Waals surface area contributed by atoms with Gasteiger partial charge in [-0.05, 0) is 6.92 Å². The Hall–Kier alpha value is -1.70. The van der Waals surface area contributed by atoms with Crippen molar-refractivity contribution in [3.05, 3.63) is 12.2 Å². The second-order valence-corrected chi connectivity index (χ2v) is 2.40. The average molecular weight is 164 g/mol. The highest BCUT2D eigenvalue weighted by molar-refractivity contribution is 5.75. The Morgan fingerprint density at radius 1 is 1.83 bits per heavy atom. The number of carbonyl (C=O) groups excluding carboxylic acids is 1. The van der Waals surface area contributed by atoms with Gasteiger partial charge in [-0.1, -0.05) is 0 Å². The molecule has 0 radical (unpaired) electrons. The molecule has 62 valence electrons.